The van der Waals surface area contributed by atoms with E-state index in [0.29, 0.717) is 12.1 Å². The van der Waals surface area contributed by atoms with Crippen LogP contribution in [0.5, 0.6) is 0 Å². The van der Waals surface area contributed by atoms with Crippen LogP contribution in [0.2, 0.25) is 0 Å². The second-order valence-corrected chi connectivity index (χ2v) is 6.22. The first-order valence-corrected chi connectivity index (χ1v) is 7.66. The molecule has 2 aliphatic rings. The lowest BCUT2D eigenvalue weighted by Crippen LogP contribution is -2.41. The van der Waals surface area contributed by atoms with Gasteiger partial charge in [-0.3, -0.25) is 4.90 Å². The van der Waals surface area contributed by atoms with E-state index in [4.69, 9.17) is 0 Å². The standard InChI is InChI=1S/C14H20BrN3/c1-10-5-7-16-14(13(10)15)17-11-6-9-18-8-3-2-4-12(11)18/h5,7,11-12H,2-4,6,8-9H2,1H3,(H,16,17). The van der Waals surface area contributed by atoms with Crippen molar-refractivity contribution >= 4 is 21.7 Å². The molecule has 2 saturated heterocycles. The van der Waals surface area contributed by atoms with Gasteiger partial charge in [-0.1, -0.05) is 6.42 Å². The van der Waals surface area contributed by atoms with Gasteiger partial charge in [0, 0.05) is 24.8 Å². The lowest BCUT2D eigenvalue weighted by molar-refractivity contribution is 0.192. The zero-order valence-electron chi connectivity index (χ0n) is 10.8. The van der Waals surface area contributed by atoms with Crippen molar-refractivity contribution in [2.45, 2.75) is 44.7 Å². The molecule has 1 N–H and O–H groups in total. The number of nitrogens with zero attached hydrogens (tertiary/aromatic N) is 2. The molecule has 18 heavy (non-hydrogen) atoms. The van der Waals surface area contributed by atoms with Gasteiger partial charge in [0.1, 0.15) is 5.82 Å². The predicted molar refractivity (Wildman–Crippen MR) is 77.9 cm³/mol. The highest BCUT2D eigenvalue weighted by molar-refractivity contribution is 9.10. The van der Waals surface area contributed by atoms with Crippen LogP contribution >= 0.6 is 15.9 Å². The first kappa shape index (κ1) is 12.4. The fourth-order valence-corrected chi connectivity index (χ4v) is 3.58. The van der Waals surface area contributed by atoms with Crippen LogP contribution in [0.15, 0.2) is 16.7 Å². The molecule has 0 amide bonds. The van der Waals surface area contributed by atoms with Gasteiger partial charge in [-0.15, -0.1) is 0 Å². The maximum absolute atomic E-state index is 4.46. The predicted octanol–water partition coefficient (Wildman–Crippen LogP) is 3.19. The molecule has 2 unspecified atom stereocenters. The molecule has 2 atom stereocenters. The van der Waals surface area contributed by atoms with E-state index in [1.807, 2.05) is 12.3 Å². The second-order valence-electron chi connectivity index (χ2n) is 5.43. The number of rotatable bonds is 2. The fraction of sp³-hybridized carbons (Fsp3) is 0.643. The summed E-state index contributed by atoms with van der Waals surface area (Å²) in [6.07, 6.45) is 7.21. The number of aromatic nitrogens is 1. The average Bonchev–Trinajstić information content (AvgIpc) is 2.79. The van der Waals surface area contributed by atoms with Gasteiger partial charge in [-0.2, -0.15) is 0 Å². The van der Waals surface area contributed by atoms with Crippen LogP contribution in [0.1, 0.15) is 31.2 Å². The number of fused-ring (bicyclic) bond motifs is 1. The van der Waals surface area contributed by atoms with E-state index in [-0.39, 0.29) is 0 Å². The van der Waals surface area contributed by atoms with Crippen LogP contribution in [0.3, 0.4) is 0 Å². The summed E-state index contributed by atoms with van der Waals surface area (Å²) in [5, 5.41) is 3.65. The molecule has 0 aromatic carbocycles. The van der Waals surface area contributed by atoms with E-state index in [0.717, 1.165) is 10.3 Å². The third-order valence-electron chi connectivity index (χ3n) is 4.26. The molecule has 0 spiro atoms. The third kappa shape index (κ3) is 2.28. The first-order valence-electron chi connectivity index (χ1n) is 6.87. The van der Waals surface area contributed by atoms with E-state index in [9.17, 15) is 0 Å². The van der Waals surface area contributed by atoms with Gasteiger partial charge < -0.3 is 5.32 Å². The Hall–Kier alpha value is -0.610. The number of halogens is 1. The number of nitrogens with one attached hydrogen (secondary N) is 1. The van der Waals surface area contributed by atoms with Gasteiger partial charge >= 0.3 is 0 Å². The van der Waals surface area contributed by atoms with Crippen molar-refractivity contribution in [3.63, 3.8) is 0 Å². The Labute approximate surface area is 117 Å². The van der Waals surface area contributed by atoms with Crippen LogP contribution < -0.4 is 5.32 Å². The highest BCUT2D eigenvalue weighted by Crippen LogP contribution is 2.31. The van der Waals surface area contributed by atoms with Crippen molar-refractivity contribution < 1.29 is 0 Å². The molecular weight excluding hydrogens is 290 g/mol. The minimum absolute atomic E-state index is 0.566. The van der Waals surface area contributed by atoms with E-state index < -0.39 is 0 Å². The smallest absolute Gasteiger partial charge is 0.140 e. The molecule has 1 aromatic rings. The quantitative estimate of drug-likeness (QED) is 0.909. The highest BCUT2D eigenvalue weighted by atomic mass is 79.9. The molecule has 98 valence electrons. The van der Waals surface area contributed by atoms with Gasteiger partial charge in [0.15, 0.2) is 0 Å². The summed E-state index contributed by atoms with van der Waals surface area (Å²) >= 11 is 3.64. The maximum atomic E-state index is 4.46. The molecule has 0 saturated carbocycles. The van der Waals surface area contributed by atoms with Crippen molar-refractivity contribution in [2.24, 2.45) is 0 Å². The maximum Gasteiger partial charge on any atom is 0.140 e. The molecule has 4 heteroatoms. The monoisotopic (exact) mass is 309 g/mol. The Bertz CT molecular complexity index is 435. The topological polar surface area (TPSA) is 28.2 Å². The molecular formula is C14H20BrN3. The van der Waals surface area contributed by atoms with Crippen molar-refractivity contribution in [3.8, 4) is 0 Å². The minimum Gasteiger partial charge on any atom is -0.365 e. The van der Waals surface area contributed by atoms with Crippen molar-refractivity contribution in [1.29, 1.82) is 0 Å². The summed E-state index contributed by atoms with van der Waals surface area (Å²) in [7, 11) is 0. The summed E-state index contributed by atoms with van der Waals surface area (Å²) in [5.41, 5.74) is 1.24. The molecule has 2 fully saturated rings. The number of hydrogen-bond donors (Lipinski definition) is 1. The number of hydrogen-bond acceptors (Lipinski definition) is 3. The van der Waals surface area contributed by atoms with E-state index in [1.165, 1.54) is 44.3 Å². The molecule has 3 rings (SSSR count). The number of piperidine rings is 1. The summed E-state index contributed by atoms with van der Waals surface area (Å²) in [6.45, 7) is 4.63. The lowest BCUT2D eigenvalue weighted by Gasteiger charge is -2.32. The van der Waals surface area contributed by atoms with E-state index >= 15 is 0 Å². The molecule has 2 aliphatic heterocycles. The molecule has 3 nitrogen and oxygen atoms in total. The van der Waals surface area contributed by atoms with Crippen LogP contribution in [-0.2, 0) is 0 Å². The van der Waals surface area contributed by atoms with E-state index in [2.05, 4.69) is 38.1 Å². The van der Waals surface area contributed by atoms with Crippen LogP contribution in [0.4, 0.5) is 5.82 Å². The van der Waals surface area contributed by atoms with E-state index in [1.54, 1.807) is 0 Å². The Morgan fingerprint density at radius 1 is 1.33 bits per heavy atom. The Balaban J connectivity index is 1.74. The highest BCUT2D eigenvalue weighted by Gasteiger charge is 2.35. The molecule has 0 bridgehead atoms. The molecule has 1 aromatic heterocycles. The first-order chi connectivity index (χ1) is 8.75. The molecule has 0 aliphatic carbocycles. The van der Waals surface area contributed by atoms with Crippen molar-refractivity contribution in [3.05, 3.63) is 22.3 Å². The zero-order valence-corrected chi connectivity index (χ0v) is 12.4. The van der Waals surface area contributed by atoms with Crippen molar-refractivity contribution in [1.82, 2.24) is 9.88 Å². The Morgan fingerprint density at radius 2 is 2.22 bits per heavy atom. The Morgan fingerprint density at radius 3 is 3.11 bits per heavy atom. The van der Waals surface area contributed by atoms with Gasteiger partial charge in [-0.05, 0) is 60.3 Å². The normalized spacial score (nSPS) is 28.1. The molecule has 3 heterocycles. The van der Waals surface area contributed by atoms with Gasteiger partial charge in [0.2, 0.25) is 0 Å². The summed E-state index contributed by atoms with van der Waals surface area (Å²) < 4.78 is 1.11. The minimum atomic E-state index is 0.566. The molecule has 0 radical (unpaired) electrons. The second kappa shape index (κ2) is 5.17. The summed E-state index contributed by atoms with van der Waals surface area (Å²) in [5.74, 6) is 1.01. The van der Waals surface area contributed by atoms with Crippen LogP contribution in [0, 0.1) is 6.92 Å². The largest absolute Gasteiger partial charge is 0.365 e. The number of pyridine rings is 1. The average molecular weight is 310 g/mol. The van der Waals surface area contributed by atoms with Gasteiger partial charge in [-0.25, -0.2) is 4.98 Å². The summed E-state index contributed by atoms with van der Waals surface area (Å²) in [4.78, 5) is 7.11. The van der Waals surface area contributed by atoms with Crippen LogP contribution in [0.25, 0.3) is 0 Å². The number of anilines is 1. The van der Waals surface area contributed by atoms with Gasteiger partial charge in [0.25, 0.3) is 0 Å². The summed E-state index contributed by atoms with van der Waals surface area (Å²) in [6, 6.07) is 3.32. The number of aryl methyl sites for hydroxylation is 1. The third-order valence-corrected chi connectivity index (χ3v) is 5.26. The Kier molecular flexibility index (Phi) is 3.57. The van der Waals surface area contributed by atoms with Crippen LogP contribution in [-0.4, -0.2) is 35.1 Å². The van der Waals surface area contributed by atoms with Crippen molar-refractivity contribution in [2.75, 3.05) is 18.4 Å². The SMILES string of the molecule is Cc1ccnc(NC2CCN3CCCCC23)c1Br. The zero-order chi connectivity index (χ0) is 12.5. The fourth-order valence-electron chi connectivity index (χ4n) is 3.23. The lowest BCUT2D eigenvalue weighted by atomic mass is 9.99. The van der Waals surface area contributed by atoms with Gasteiger partial charge in [0.05, 0.1) is 4.47 Å².